The number of hydrogen-bond acceptors (Lipinski definition) is 4. The number of ether oxygens (including phenoxy) is 1. The van der Waals surface area contributed by atoms with Gasteiger partial charge in [0.1, 0.15) is 0 Å². The van der Waals surface area contributed by atoms with E-state index in [-0.39, 0.29) is 6.10 Å². The van der Waals surface area contributed by atoms with Crippen molar-refractivity contribution in [1.29, 1.82) is 5.26 Å². The van der Waals surface area contributed by atoms with Crippen molar-refractivity contribution >= 4 is 10.0 Å². The van der Waals surface area contributed by atoms with Crippen LogP contribution in [0.1, 0.15) is 33.1 Å². The van der Waals surface area contributed by atoms with Crippen molar-refractivity contribution in [3.63, 3.8) is 0 Å². The second-order valence-electron chi connectivity index (χ2n) is 4.12. The highest BCUT2D eigenvalue weighted by Crippen LogP contribution is 2.20. The summed E-state index contributed by atoms with van der Waals surface area (Å²) in [5.74, 6) is 0. The van der Waals surface area contributed by atoms with Crippen LogP contribution in [0.3, 0.4) is 0 Å². The van der Waals surface area contributed by atoms with Crippen molar-refractivity contribution in [3.05, 3.63) is 0 Å². The number of rotatable bonds is 5. The minimum Gasteiger partial charge on any atom is -0.378 e. The molecule has 0 N–H and O–H groups in total. The summed E-state index contributed by atoms with van der Waals surface area (Å²) >= 11 is 0. The molecule has 0 spiro atoms. The summed E-state index contributed by atoms with van der Waals surface area (Å²) in [6.07, 6.45) is 1.93. The Morgan fingerprint density at radius 1 is 1.41 bits per heavy atom. The fourth-order valence-electron chi connectivity index (χ4n) is 2.04. The predicted molar refractivity (Wildman–Crippen MR) is 64.8 cm³/mol. The van der Waals surface area contributed by atoms with E-state index in [1.165, 1.54) is 4.31 Å². The van der Waals surface area contributed by atoms with Gasteiger partial charge in [-0.05, 0) is 26.2 Å². The number of nitrogens with zero attached hydrogens (tertiary/aromatic N) is 2. The molecule has 1 atom stereocenters. The van der Waals surface area contributed by atoms with E-state index in [4.69, 9.17) is 10.00 Å². The molecule has 0 amide bonds. The Balaban J connectivity index is 2.62. The van der Waals surface area contributed by atoms with Gasteiger partial charge in [-0.25, -0.2) is 12.7 Å². The molecule has 0 aromatic heterocycles. The fourth-order valence-corrected chi connectivity index (χ4v) is 3.67. The fraction of sp³-hybridized carbons (Fsp3) is 0.909. The van der Waals surface area contributed by atoms with E-state index in [0.717, 1.165) is 12.8 Å². The first-order valence-electron chi connectivity index (χ1n) is 6.06. The van der Waals surface area contributed by atoms with E-state index in [1.54, 1.807) is 6.92 Å². The van der Waals surface area contributed by atoms with E-state index < -0.39 is 15.3 Å². The zero-order valence-electron chi connectivity index (χ0n) is 10.4. The van der Waals surface area contributed by atoms with Gasteiger partial charge in [0.25, 0.3) is 0 Å². The van der Waals surface area contributed by atoms with Gasteiger partial charge in [-0.15, -0.1) is 0 Å². The van der Waals surface area contributed by atoms with Crippen molar-refractivity contribution in [2.45, 2.75) is 44.5 Å². The van der Waals surface area contributed by atoms with Crippen LogP contribution in [0.25, 0.3) is 0 Å². The highest BCUT2D eigenvalue weighted by atomic mass is 32.2. The van der Waals surface area contributed by atoms with E-state index in [2.05, 4.69) is 0 Å². The molecular weight excluding hydrogens is 240 g/mol. The molecular formula is C11H20N2O3S. The molecule has 1 aliphatic heterocycles. The molecule has 1 rings (SSSR count). The third-order valence-electron chi connectivity index (χ3n) is 3.04. The molecule has 1 unspecified atom stereocenters. The molecule has 0 saturated carbocycles. The largest absolute Gasteiger partial charge is 0.378 e. The normalized spacial score (nSPS) is 21.0. The maximum atomic E-state index is 12.1. The molecule has 1 saturated heterocycles. The van der Waals surface area contributed by atoms with Crippen molar-refractivity contribution < 1.29 is 13.2 Å². The third kappa shape index (κ3) is 3.41. The van der Waals surface area contributed by atoms with E-state index in [0.29, 0.717) is 26.1 Å². The van der Waals surface area contributed by atoms with Crippen LogP contribution in [-0.2, 0) is 14.8 Å². The zero-order chi connectivity index (χ0) is 12.9. The van der Waals surface area contributed by atoms with Crippen LogP contribution in [0.2, 0.25) is 0 Å². The lowest BCUT2D eigenvalue weighted by Crippen LogP contribution is -2.44. The summed E-state index contributed by atoms with van der Waals surface area (Å²) in [5.41, 5.74) is 0. The minimum absolute atomic E-state index is 0.161. The molecule has 5 nitrogen and oxygen atoms in total. The monoisotopic (exact) mass is 260 g/mol. The molecule has 0 aromatic carbocycles. The Hall–Kier alpha value is -0.640. The second-order valence-corrected chi connectivity index (χ2v) is 6.24. The van der Waals surface area contributed by atoms with E-state index >= 15 is 0 Å². The first-order chi connectivity index (χ1) is 8.06. The molecule has 1 heterocycles. The lowest BCUT2D eigenvalue weighted by atomic mass is 10.1. The molecule has 0 aliphatic carbocycles. The van der Waals surface area contributed by atoms with Crippen LogP contribution in [0.15, 0.2) is 0 Å². The Bertz CT molecular complexity index is 367. The summed E-state index contributed by atoms with van der Waals surface area (Å²) < 4.78 is 31.1. The van der Waals surface area contributed by atoms with Gasteiger partial charge in [-0.1, -0.05) is 6.92 Å². The average molecular weight is 260 g/mol. The van der Waals surface area contributed by atoms with Crippen molar-refractivity contribution in [3.8, 4) is 6.07 Å². The van der Waals surface area contributed by atoms with Gasteiger partial charge >= 0.3 is 0 Å². The van der Waals surface area contributed by atoms with Gasteiger partial charge in [-0.2, -0.15) is 5.26 Å². The minimum atomic E-state index is -3.45. The first kappa shape index (κ1) is 14.4. The maximum Gasteiger partial charge on any atom is 0.230 e. The first-order valence-corrected chi connectivity index (χ1v) is 7.56. The van der Waals surface area contributed by atoms with Gasteiger partial charge < -0.3 is 4.74 Å². The van der Waals surface area contributed by atoms with E-state index in [1.807, 2.05) is 13.0 Å². The Morgan fingerprint density at radius 3 is 2.41 bits per heavy atom. The average Bonchev–Trinajstić information content (AvgIpc) is 2.31. The van der Waals surface area contributed by atoms with E-state index in [9.17, 15) is 8.42 Å². The Kier molecular flexibility index (Phi) is 5.37. The highest BCUT2D eigenvalue weighted by molar-refractivity contribution is 7.90. The molecule has 1 fully saturated rings. The SMILES string of the molecule is CCOC1CCN(S(=O)(=O)C(C#N)CC)CC1. The van der Waals surface area contributed by atoms with Crippen molar-refractivity contribution in [1.82, 2.24) is 4.31 Å². The highest BCUT2D eigenvalue weighted by Gasteiger charge is 2.33. The van der Waals surface area contributed by atoms with Crippen molar-refractivity contribution in [2.75, 3.05) is 19.7 Å². The molecule has 1 aliphatic rings. The van der Waals surface area contributed by atoms with Crippen LogP contribution in [0.4, 0.5) is 0 Å². The number of hydrogen-bond donors (Lipinski definition) is 0. The summed E-state index contributed by atoms with van der Waals surface area (Å²) in [6, 6.07) is 1.86. The molecule has 0 radical (unpaired) electrons. The molecule has 0 bridgehead atoms. The lowest BCUT2D eigenvalue weighted by Gasteiger charge is -2.31. The topological polar surface area (TPSA) is 70.4 Å². The zero-order valence-corrected chi connectivity index (χ0v) is 11.2. The summed E-state index contributed by atoms with van der Waals surface area (Å²) in [7, 11) is -3.45. The van der Waals surface area contributed by atoms with Crippen LogP contribution >= 0.6 is 0 Å². The number of nitriles is 1. The number of piperidine rings is 1. The smallest absolute Gasteiger partial charge is 0.230 e. The maximum absolute atomic E-state index is 12.1. The van der Waals surface area contributed by atoms with Gasteiger partial charge in [-0.3, -0.25) is 0 Å². The lowest BCUT2D eigenvalue weighted by molar-refractivity contribution is 0.0289. The van der Waals surface area contributed by atoms with Crippen molar-refractivity contribution in [2.24, 2.45) is 0 Å². The molecule has 98 valence electrons. The van der Waals surface area contributed by atoms with Crippen LogP contribution < -0.4 is 0 Å². The Labute approximate surface area is 103 Å². The summed E-state index contributed by atoms with van der Waals surface area (Å²) in [6.45, 7) is 5.24. The second kappa shape index (κ2) is 6.34. The molecule has 6 heteroatoms. The predicted octanol–water partition coefficient (Wildman–Crippen LogP) is 1.12. The van der Waals surface area contributed by atoms with Gasteiger partial charge in [0.05, 0.1) is 12.2 Å². The summed E-state index contributed by atoms with van der Waals surface area (Å²) in [5, 5.41) is 7.94. The van der Waals surface area contributed by atoms with Crippen LogP contribution in [0.5, 0.6) is 0 Å². The van der Waals surface area contributed by atoms with Gasteiger partial charge in [0.15, 0.2) is 5.25 Å². The third-order valence-corrected chi connectivity index (χ3v) is 5.28. The van der Waals surface area contributed by atoms with Crippen LogP contribution in [0, 0.1) is 11.3 Å². The summed E-state index contributed by atoms with van der Waals surface area (Å²) in [4.78, 5) is 0. The quantitative estimate of drug-likeness (QED) is 0.742. The van der Waals surface area contributed by atoms with Gasteiger partial charge in [0, 0.05) is 19.7 Å². The Morgan fingerprint density at radius 2 is 2.00 bits per heavy atom. The molecule has 17 heavy (non-hydrogen) atoms. The molecule has 0 aromatic rings. The van der Waals surface area contributed by atoms with Gasteiger partial charge in [0.2, 0.25) is 10.0 Å². The standard InChI is InChI=1S/C11H20N2O3S/c1-3-11(9-12)17(14,15)13-7-5-10(6-8-13)16-4-2/h10-11H,3-8H2,1-2H3. The van der Waals surface area contributed by atoms with Crippen LogP contribution in [-0.4, -0.2) is 43.8 Å². The number of sulfonamides is 1.